The highest BCUT2D eigenvalue weighted by Crippen LogP contribution is 2.19. The Morgan fingerprint density at radius 3 is 2.62 bits per heavy atom. The average Bonchev–Trinajstić information content (AvgIpc) is 2.44. The van der Waals surface area contributed by atoms with Gasteiger partial charge in [0.25, 0.3) is 0 Å². The molecule has 0 amide bonds. The molecule has 1 aromatic carbocycles. The number of likely N-dealkylation sites (tertiary alicyclic amines) is 1. The van der Waals surface area contributed by atoms with Crippen molar-refractivity contribution < 1.29 is 4.74 Å². The molecule has 0 spiro atoms. The molecule has 1 saturated heterocycles. The fourth-order valence-corrected chi connectivity index (χ4v) is 3.26. The molecule has 118 valence electrons. The molecule has 0 saturated carbocycles. The van der Waals surface area contributed by atoms with Crippen LogP contribution >= 0.6 is 0 Å². The van der Waals surface area contributed by atoms with Gasteiger partial charge in [-0.1, -0.05) is 19.4 Å². The first kappa shape index (κ1) is 16.3. The molecule has 0 radical (unpaired) electrons. The summed E-state index contributed by atoms with van der Waals surface area (Å²) in [6.45, 7) is 10.7. The fourth-order valence-electron chi connectivity index (χ4n) is 3.26. The van der Waals surface area contributed by atoms with Crippen LogP contribution in [0.5, 0.6) is 5.75 Å². The molecule has 3 heteroatoms. The molecule has 2 N–H and O–H groups in total. The van der Waals surface area contributed by atoms with Crippen LogP contribution in [0.15, 0.2) is 18.2 Å². The molecule has 1 aliphatic rings. The number of hydrogen-bond donors (Lipinski definition) is 1. The number of aryl methyl sites for hydroxylation is 2. The van der Waals surface area contributed by atoms with Crippen molar-refractivity contribution in [2.45, 2.75) is 46.1 Å². The van der Waals surface area contributed by atoms with Crippen LogP contribution in [0.25, 0.3) is 0 Å². The van der Waals surface area contributed by atoms with E-state index in [1.807, 2.05) is 0 Å². The number of rotatable bonds is 6. The quantitative estimate of drug-likeness (QED) is 0.818. The van der Waals surface area contributed by atoms with E-state index in [4.69, 9.17) is 10.5 Å². The lowest BCUT2D eigenvalue weighted by Gasteiger charge is -2.36. The summed E-state index contributed by atoms with van der Waals surface area (Å²) in [4.78, 5) is 2.54. The second-order valence-corrected chi connectivity index (χ2v) is 6.45. The molecule has 0 aromatic heterocycles. The lowest BCUT2D eigenvalue weighted by molar-refractivity contribution is 0.143. The Bertz CT molecular complexity index is 427. The molecule has 2 rings (SSSR count). The van der Waals surface area contributed by atoms with Gasteiger partial charge in [0.15, 0.2) is 0 Å². The van der Waals surface area contributed by atoms with Gasteiger partial charge in [-0.15, -0.1) is 0 Å². The monoisotopic (exact) mass is 290 g/mol. The molecule has 2 unspecified atom stereocenters. The number of piperidine rings is 1. The maximum Gasteiger partial charge on any atom is 0.119 e. The van der Waals surface area contributed by atoms with Gasteiger partial charge in [0, 0.05) is 19.1 Å². The summed E-state index contributed by atoms with van der Waals surface area (Å²) < 4.78 is 5.88. The van der Waals surface area contributed by atoms with Gasteiger partial charge in [-0.25, -0.2) is 0 Å². The highest BCUT2D eigenvalue weighted by Gasteiger charge is 2.24. The first-order valence-corrected chi connectivity index (χ1v) is 8.27. The Labute approximate surface area is 129 Å². The Morgan fingerprint density at radius 1 is 1.24 bits per heavy atom. The number of benzene rings is 1. The van der Waals surface area contributed by atoms with Crippen LogP contribution < -0.4 is 10.5 Å². The molecule has 1 aliphatic heterocycles. The molecule has 21 heavy (non-hydrogen) atoms. The third-order valence-electron chi connectivity index (χ3n) is 4.48. The normalized spacial score (nSPS) is 23.2. The van der Waals surface area contributed by atoms with Crippen molar-refractivity contribution in [2.24, 2.45) is 11.7 Å². The number of nitrogens with two attached hydrogens (primary N) is 1. The van der Waals surface area contributed by atoms with E-state index < -0.39 is 0 Å². The van der Waals surface area contributed by atoms with Crippen LogP contribution in [0.4, 0.5) is 0 Å². The first-order chi connectivity index (χ1) is 10.1. The van der Waals surface area contributed by atoms with E-state index in [0.29, 0.717) is 12.0 Å². The SMILES string of the molecule is CCC1CN(CCCOc2cc(C)cc(C)c2)CCC1N. The summed E-state index contributed by atoms with van der Waals surface area (Å²) in [5.74, 6) is 1.67. The molecular formula is C18H30N2O. The van der Waals surface area contributed by atoms with Crippen molar-refractivity contribution in [3.05, 3.63) is 29.3 Å². The first-order valence-electron chi connectivity index (χ1n) is 8.27. The van der Waals surface area contributed by atoms with Gasteiger partial charge >= 0.3 is 0 Å². The van der Waals surface area contributed by atoms with Gasteiger partial charge < -0.3 is 15.4 Å². The van der Waals surface area contributed by atoms with E-state index >= 15 is 0 Å². The molecular weight excluding hydrogens is 260 g/mol. The highest BCUT2D eigenvalue weighted by atomic mass is 16.5. The standard InChI is InChI=1S/C18H30N2O/c1-4-16-13-20(8-6-18(16)19)7-5-9-21-17-11-14(2)10-15(3)12-17/h10-12,16,18H,4-9,13,19H2,1-3H3. The Morgan fingerprint density at radius 2 is 1.95 bits per heavy atom. The summed E-state index contributed by atoms with van der Waals surface area (Å²) in [7, 11) is 0. The minimum atomic E-state index is 0.401. The van der Waals surface area contributed by atoms with Crippen LogP contribution in [0.3, 0.4) is 0 Å². The number of nitrogens with zero attached hydrogens (tertiary/aromatic N) is 1. The summed E-state index contributed by atoms with van der Waals surface area (Å²) >= 11 is 0. The lowest BCUT2D eigenvalue weighted by atomic mass is 9.91. The Kier molecular flexibility index (Phi) is 6.07. The van der Waals surface area contributed by atoms with E-state index in [-0.39, 0.29) is 0 Å². The van der Waals surface area contributed by atoms with Crippen molar-refractivity contribution in [3.63, 3.8) is 0 Å². The van der Waals surface area contributed by atoms with E-state index in [9.17, 15) is 0 Å². The third-order valence-corrected chi connectivity index (χ3v) is 4.48. The van der Waals surface area contributed by atoms with Crippen molar-refractivity contribution in [2.75, 3.05) is 26.2 Å². The van der Waals surface area contributed by atoms with Gasteiger partial charge in [0.2, 0.25) is 0 Å². The second-order valence-electron chi connectivity index (χ2n) is 6.45. The average molecular weight is 290 g/mol. The smallest absolute Gasteiger partial charge is 0.119 e. The summed E-state index contributed by atoms with van der Waals surface area (Å²) in [5.41, 5.74) is 8.69. The van der Waals surface area contributed by atoms with Gasteiger partial charge in [-0.2, -0.15) is 0 Å². The van der Waals surface area contributed by atoms with E-state index in [1.54, 1.807) is 0 Å². The number of ether oxygens (including phenoxy) is 1. The van der Waals surface area contributed by atoms with Gasteiger partial charge in [-0.05, 0) is 62.4 Å². The molecule has 0 bridgehead atoms. The molecule has 1 aromatic rings. The maximum absolute atomic E-state index is 6.16. The minimum Gasteiger partial charge on any atom is -0.494 e. The fraction of sp³-hybridized carbons (Fsp3) is 0.667. The summed E-state index contributed by atoms with van der Waals surface area (Å²) in [5, 5.41) is 0. The highest BCUT2D eigenvalue weighted by molar-refractivity contribution is 5.32. The topological polar surface area (TPSA) is 38.5 Å². The minimum absolute atomic E-state index is 0.401. The van der Waals surface area contributed by atoms with E-state index in [0.717, 1.165) is 44.8 Å². The molecule has 1 heterocycles. The van der Waals surface area contributed by atoms with Crippen LogP contribution in [-0.2, 0) is 0 Å². The third kappa shape index (κ3) is 5.01. The lowest BCUT2D eigenvalue weighted by Crippen LogP contribution is -2.47. The number of hydrogen-bond acceptors (Lipinski definition) is 3. The second kappa shape index (κ2) is 7.81. The van der Waals surface area contributed by atoms with Crippen molar-refractivity contribution in [1.29, 1.82) is 0 Å². The zero-order valence-corrected chi connectivity index (χ0v) is 13.8. The largest absolute Gasteiger partial charge is 0.494 e. The summed E-state index contributed by atoms with van der Waals surface area (Å²) in [6.07, 6.45) is 3.41. The van der Waals surface area contributed by atoms with Gasteiger partial charge in [0.05, 0.1) is 6.61 Å². The van der Waals surface area contributed by atoms with Crippen molar-refractivity contribution in [1.82, 2.24) is 4.90 Å². The van der Waals surface area contributed by atoms with Crippen molar-refractivity contribution >= 4 is 0 Å². The van der Waals surface area contributed by atoms with Gasteiger partial charge in [-0.3, -0.25) is 0 Å². The Hall–Kier alpha value is -1.06. The van der Waals surface area contributed by atoms with Crippen molar-refractivity contribution in [3.8, 4) is 5.75 Å². The Balaban J connectivity index is 1.70. The van der Waals surface area contributed by atoms with E-state index in [1.165, 1.54) is 17.5 Å². The zero-order chi connectivity index (χ0) is 15.2. The molecule has 1 fully saturated rings. The maximum atomic E-state index is 6.16. The predicted octanol–water partition coefficient (Wildman–Crippen LogP) is 3.13. The molecule has 2 atom stereocenters. The summed E-state index contributed by atoms with van der Waals surface area (Å²) in [6, 6.07) is 6.80. The van der Waals surface area contributed by atoms with Crippen LogP contribution in [-0.4, -0.2) is 37.2 Å². The predicted molar refractivity (Wildman–Crippen MR) is 88.8 cm³/mol. The van der Waals surface area contributed by atoms with Crippen LogP contribution in [0, 0.1) is 19.8 Å². The molecule has 0 aliphatic carbocycles. The van der Waals surface area contributed by atoms with E-state index in [2.05, 4.69) is 43.9 Å². The molecule has 3 nitrogen and oxygen atoms in total. The van der Waals surface area contributed by atoms with Crippen LogP contribution in [0.2, 0.25) is 0 Å². The van der Waals surface area contributed by atoms with Gasteiger partial charge in [0.1, 0.15) is 5.75 Å². The van der Waals surface area contributed by atoms with Crippen LogP contribution in [0.1, 0.15) is 37.3 Å². The zero-order valence-electron chi connectivity index (χ0n) is 13.8.